The van der Waals surface area contributed by atoms with E-state index in [1.54, 1.807) is 12.3 Å². The molecule has 32 heavy (non-hydrogen) atoms. The number of aromatic nitrogens is 4. The van der Waals surface area contributed by atoms with Gasteiger partial charge in [-0.15, -0.1) is 0 Å². The van der Waals surface area contributed by atoms with Crippen LogP contribution in [0.3, 0.4) is 0 Å². The molecule has 0 saturated heterocycles. The van der Waals surface area contributed by atoms with Gasteiger partial charge >= 0.3 is 5.97 Å². The molecule has 7 nitrogen and oxygen atoms in total. The molecule has 0 bridgehead atoms. The molecule has 0 radical (unpaired) electrons. The van der Waals surface area contributed by atoms with Crippen LogP contribution in [-0.2, 0) is 4.74 Å². The number of rotatable bonds is 5. The van der Waals surface area contributed by atoms with Gasteiger partial charge in [0.05, 0.1) is 34.7 Å². The number of nitrogens with one attached hydrogen (secondary N) is 1. The topological polar surface area (TPSA) is 107 Å². The van der Waals surface area contributed by atoms with Crippen LogP contribution in [0.1, 0.15) is 36.2 Å². The average molecular weight is 448 g/mol. The summed E-state index contributed by atoms with van der Waals surface area (Å²) in [6.45, 7) is 0.378. The number of carbonyl (C=O) groups excluding carboxylic acids is 1. The molecule has 0 atom stereocenters. The highest BCUT2D eigenvalue weighted by atomic mass is 35.5. The van der Waals surface area contributed by atoms with E-state index in [-0.39, 0.29) is 11.5 Å². The van der Waals surface area contributed by atoms with Crippen LogP contribution in [-0.4, -0.2) is 32.7 Å². The Morgan fingerprint density at radius 2 is 1.84 bits per heavy atom. The van der Waals surface area contributed by atoms with Crippen LogP contribution in [0.4, 0.5) is 5.82 Å². The Kier molecular flexibility index (Phi) is 5.49. The van der Waals surface area contributed by atoms with Gasteiger partial charge < -0.3 is 10.5 Å². The van der Waals surface area contributed by atoms with Gasteiger partial charge in [0.25, 0.3) is 0 Å². The molecule has 0 aliphatic heterocycles. The number of nitrogens with zero attached hydrogens (tertiary/aromatic N) is 3. The molecule has 2 aromatic heterocycles. The molecule has 0 unspecified atom stereocenters. The molecule has 3 N–H and O–H groups in total. The molecule has 2 heterocycles. The Labute approximate surface area is 190 Å². The van der Waals surface area contributed by atoms with E-state index in [4.69, 9.17) is 22.1 Å². The largest absolute Gasteiger partial charge is 0.461 e. The lowest BCUT2D eigenvalue weighted by Gasteiger charge is -2.14. The van der Waals surface area contributed by atoms with Crippen LogP contribution >= 0.6 is 11.6 Å². The number of anilines is 1. The number of ether oxygens (including phenoxy) is 1. The van der Waals surface area contributed by atoms with Crippen molar-refractivity contribution in [1.82, 2.24) is 20.2 Å². The fourth-order valence-electron chi connectivity index (χ4n) is 4.19. The minimum Gasteiger partial charge on any atom is -0.461 e. The quantitative estimate of drug-likeness (QED) is 0.403. The molecule has 0 spiro atoms. The SMILES string of the molecule is Nc1nc(-c2ccccc2)c(-c2cc(Cl)c3[nH]ncc3c2)nc1C(=O)OCC1CCCC1. The third-order valence-corrected chi connectivity index (χ3v) is 6.16. The first kappa shape index (κ1) is 20.5. The number of halogens is 1. The minimum atomic E-state index is -0.557. The fraction of sp³-hybridized carbons (Fsp3) is 0.250. The van der Waals surface area contributed by atoms with E-state index in [2.05, 4.69) is 20.2 Å². The highest BCUT2D eigenvalue weighted by Gasteiger charge is 2.23. The molecule has 2 aromatic carbocycles. The number of nitrogen functional groups attached to an aromatic ring is 1. The number of nitrogens with two attached hydrogens (primary N) is 1. The molecule has 1 fully saturated rings. The number of hydrogen-bond donors (Lipinski definition) is 2. The van der Waals surface area contributed by atoms with Crippen molar-refractivity contribution in [3.63, 3.8) is 0 Å². The van der Waals surface area contributed by atoms with Crippen LogP contribution in [0.2, 0.25) is 5.02 Å². The van der Waals surface area contributed by atoms with Crippen molar-refractivity contribution in [3.8, 4) is 22.5 Å². The molecule has 162 valence electrons. The van der Waals surface area contributed by atoms with Crippen LogP contribution in [0.15, 0.2) is 48.7 Å². The summed E-state index contributed by atoms with van der Waals surface area (Å²) in [4.78, 5) is 22.1. The first-order chi connectivity index (χ1) is 15.6. The number of hydrogen-bond acceptors (Lipinski definition) is 6. The lowest BCUT2D eigenvalue weighted by atomic mass is 10.0. The van der Waals surface area contributed by atoms with E-state index in [0.717, 1.165) is 29.3 Å². The van der Waals surface area contributed by atoms with Gasteiger partial charge in [-0.3, -0.25) is 5.10 Å². The second kappa shape index (κ2) is 8.59. The molecular weight excluding hydrogens is 426 g/mol. The summed E-state index contributed by atoms with van der Waals surface area (Å²) >= 11 is 6.47. The first-order valence-corrected chi connectivity index (χ1v) is 11.0. The smallest absolute Gasteiger partial charge is 0.360 e. The zero-order valence-corrected chi connectivity index (χ0v) is 18.1. The maximum absolute atomic E-state index is 12.8. The van der Waals surface area contributed by atoms with Crippen molar-refractivity contribution in [2.75, 3.05) is 12.3 Å². The number of H-pyrrole nitrogens is 1. The molecule has 8 heteroatoms. The van der Waals surface area contributed by atoms with E-state index in [9.17, 15) is 4.79 Å². The van der Waals surface area contributed by atoms with Gasteiger partial charge in [-0.05, 0) is 30.9 Å². The van der Waals surface area contributed by atoms with Gasteiger partial charge in [-0.25, -0.2) is 14.8 Å². The number of aromatic amines is 1. The maximum atomic E-state index is 12.8. The Balaban J connectivity index is 1.60. The summed E-state index contributed by atoms with van der Waals surface area (Å²) in [6.07, 6.45) is 6.20. The van der Waals surface area contributed by atoms with E-state index in [0.29, 0.717) is 34.5 Å². The van der Waals surface area contributed by atoms with Crippen molar-refractivity contribution >= 4 is 34.3 Å². The zero-order chi connectivity index (χ0) is 22.1. The molecule has 1 aliphatic rings. The van der Waals surface area contributed by atoms with E-state index >= 15 is 0 Å². The average Bonchev–Trinajstić information content (AvgIpc) is 3.50. The molecule has 4 aromatic rings. The standard InChI is InChI=1S/C24H22ClN5O2/c25-18-11-16(10-17-12-27-30-19(17)18)21-20(15-8-2-1-3-9-15)29-23(26)22(28-21)24(31)32-13-14-6-4-5-7-14/h1-3,8-12,14H,4-7,13H2,(H2,26,29)(H,27,30). The molecule has 5 rings (SSSR count). The molecule has 0 amide bonds. The Morgan fingerprint density at radius 3 is 2.62 bits per heavy atom. The Hall–Kier alpha value is -3.45. The van der Waals surface area contributed by atoms with Crippen molar-refractivity contribution in [2.24, 2.45) is 5.92 Å². The van der Waals surface area contributed by atoms with Gasteiger partial charge in [0.15, 0.2) is 11.5 Å². The monoisotopic (exact) mass is 447 g/mol. The van der Waals surface area contributed by atoms with Gasteiger partial charge in [0, 0.05) is 16.5 Å². The Bertz CT molecular complexity index is 1280. The third-order valence-electron chi connectivity index (χ3n) is 5.86. The highest BCUT2D eigenvalue weighted by Crippen LogP contribution is 2.35. The minimum absolute atomic E-state index is 0.0149. The van der Waals surface area contributed by atoms with Crippen molar-refractivity contribution in [3.05, 3.63) is 59.4 Å². The lowest BCUT2D eigenvalue weighted by molar-refractivity contribution is 0.0437. The number of fused-ring (bicyclic) bond motifs is 1. The number of carbonyl (C=O) groups is 1. The molecule has 1 saturated carbocycles. The predicted molar refractivity (Wildman–Crippen MR) is 124 cm³/mol. The normalized spacial score (nSPS) is 14.2. The summed E-state index contributed by atoms with van der Waals surface area (Å²) in [5.41, 5.74) is 9.53. The second-order valence-corrected chi connectivity index (χ2v) is 8.47. The van der Waals surface area contributed by atoms with Crippen LogP contribution in [0, 0.1) is 5.92 Å². The van der Waals surface area contributed by atoms with E-state index in [1.807, 2.05) is 36.4 Å². The fourth-order valence-corrected chi connectivity index (χ4v) is 4.46. The lowest BCUT2D eigenvalue weighted by Crippen LogP contribution is -2.17. The maximum Gasteiger partial charge on any atom is 0.360 e. The Morgan fingerprint density at radius 1 is 1.09 bits per heavy atom. The van der Waals surface area contributed by atoms with Crippen LogP contribution in [0.5, 0.6) is 0 Å². The molecular formula is C24H22ClN5O2. The van der Waals surface area contributed by atoms with Gasteiger partial charge in [-0.2, -0.15) is 5.10 Å². The molecule has 1 aliphatic carbocycles. The number of benzene rings is 2. The first-order valence-electron chi connectivity index (χ1n) is 10.6. The predicted octanol–water partition coefficient (Wildman–Crippen LogP) is 5.27. The van der Waals surface area contributed by atoms with E-state index in [1.165, 1.54) is 12.8 Å². The third kappa shape index (κ3) is 3.91. The van der Waals surface area contributed by atoms with Crippen molar-refractivity contribution < 1.29 is 9.53 Å². The summed E-state index contributed by atoms with van der Waals surface area (Å²) in [5, 5.41) is 8.27. The van der Waals surface area contributed by atoms with Crippen LogP contribution in [0.25, 0.3) is 33.4 Å². The van der Waals surface area contributed by atoms with Crippen LogP contribution < -0.4 is 5.73 Å². The van der Waals surface area contributed by atoms with Crippen molar-refractivity contribution in [2.45, 2.75) is 25.7 Å². The second-order valence-electron chi connectivity index (χ2n) is 8.06. The van der Waals surface area contributed by atoms with Gasteiger partial charge in [-0.1, -0.05) is 54.8 Å². The van der Waals surface area contributed by atoms with E-state index < -0.39 is 5.97 Å². The van der Waals surface area contributed by atoms with Crippen molar-refractivity contribution in [1.29, 1.82) is 0 Å². The summed E-state index contributed by atoms with van der Waals surface area (Å²) < 4.78 is 5.55. The summed E-state index contributed by atoms with van der Waals surface area (Å²) in [7, 11) is 0. The van der Waals surface area contributed by atoms with Gasteiger partial charge in [0.1, 0.15) is 0 Å². The summed E-state index contributed by atoms with van der Waals surface area (Å²) in [6, 6.07) is 13.3. The zero-order valence-electron chi connectivity index (χ0n) is 17.3. The summed E-state index contributed by atoms with van der Waals surface area (Å²) in [5.74, 6) is -0.115. The number of esters is 1. The highest BCUT2D eigenvalue weighted by molar-refractivity contribution is 6.35. The van der Waals surface area contributed by atoms with Gasteiger partial charge in [0.2, 0.25) is 0 Å².